The van der Waals surface area contributed by atoms with Gasteiger partial charge in [0.1, 0.15) is 17.2 Å². The van der Waals surface area contributed by atoms with Gasteiger partial charge in [-0.2, -0.15) is 0 Å². The Kier molecular flexibility index (Phi) is 4.21. The van der Waals surface area contributed by atoms with Crippen LogP contribution in [-0.2, 0) is 4.79 Å². The second-order valence-electron chi connectivity index (χ2n) is 7.44. The van der Waals surface area contributed by atoms with Crippen molar-refractivity contribution in [2.24, 2.45) is 0 Å². The van der Waals surface area contributed by atoms with Gasteiger partial charge >= 0.3 is 0 Å². The van der Waals surface area contributed by atoms with E-state index in [1.165, 1.54) is 33.5 Å². The molecule has 9 heteroatoms. The summed E-state index contributed by atoms with van der Waals surface area (Å²) in [4.78, 5) is 33.4. The zero-order chi connectivity index (χ0) is 21.0. The molecule has 1 N–H and O–H groups in total. The standard InChI is InChI=1S/C21H17F2N5O2/c1-11-8-27-9-13(5-15(23)20(27)26-11)12-4-14(22)19-16(6-12)25-10-28(21(19)30)17-7-24-3-2-18(17)29/h4-6,8-10,17,24H,2-3,7H2,1H3. The first-order chi connectivity index (χ1) is 14.4. The Hall–Kier alpha value is -3.46. The molecule has 0 saturated carbocycles. The first-order valence-corrected chi connectivity index (χ1v) is 9.51. The third-order valence-electron chi connectivity index (χ3n) is 5.39. The summed E-state index contributed by atoms with van der Waals surface area (Å²) in [6, 6.07) is 3.29. The molecule has 0 amide bonds. The normalized spacial score (nSPS) is 17.2. The number of hydrogen-bond donors (Lipinski definition) is 1. The highest BCUT2D eigenvalue weighted by Crippen LogP contribution is 2.27. The molecule has 1 fully saturated rings. The second kappa shape index (κ2) is 6.81. The third-order valence-corrected chi connectivity index (χ3v) is 5.39. The third kappa shape index (κ3) is 2.89. The number of pyridine rings is 1. The Morgan fingerprint density at radius 3 is 2.70 bits per heavy atom. The van der Waals surface area contributed by atoms with Crippen LogP contribution in [-0.4, -0.2) is 37.8 Å². The van der Waals surface area contributed by atoms with Gasteiger partial charge < -0.3 is 9.72 Å². The Morgan fingerprint density at radius 1 is 1.10 bits per heavy atom. The number of fused-ring (bicyclic) bond motifs is 2. The fourth-order valence-corrected chi connectivity index (χ4v) is 3.92. The molecule has 30 heavy (non-hydrogen) atoms. The van der Waals surface area contributed by atoms with Crippen LogP contribution in [0.2, 0.25) is 0 Å². The molecule has 4 aromatic rings. The average Bonchev–Trinajstić information content (AvgIpc) is 3.09. The molecule has 1 atom stereocenters. The highest BCUT2D eigenvalue weighted by atomic mass is 19.1. The minimum absolute atomic E-state index is 0.0894. The van der Waals surface area contributed by atoms with Gasteiger partial charge in [0, 0.05) is 37.5 Å². The number of carbonyl (C=O) groups is 1. The van der Waals surface area contributed by atoms with Gasteiger partial charge in [-0.15, -0.1) is 0 Å². The van der Waals surface area contributed by atoms with Crippen molar-refractivity contribution in [2.75, 3.05) is 13.1 Å². The molecule has 152 valence electrons. The molecule has 1 aromatic carbocycles. The molecule has 5 rings (SSSR count). The lowest BCUT2D eigenvalue weighted by Gasteiger charge is -2.23. The summed E-state index contributed by atoms with van der Waals surface area (Å²) in [6.07, 6.45) is 4.89. The zero-order valence-corrected chi connectivity index (χ0v) is 16.0. The maximum absolute atomic E-state index is 15.0. The summed E-state index contributed by atoms with van der Waals surface area (Å²) < 4.78 is 32.1. The lowest BCUT2D eigenvalue weighted by atomic mass is 10.0. The van der Waals surface area contributed by atoms with E-state index < -0.39 is 23.2 Å². The van der Waals surface area contributed by atoms with Crippen LogP contribution in [0.4, 0.5) is 8.78 Å². The van der Waals surface area contributed by atoms with Crippen molar-refractivity contribution in [3.8, 4) is 11.1 Å². The number of carbonyl (C=O) groups excluding carboxylic acids is 1. The highest BCUT2D eigenvalue weighted by molar-refractivity contribution is 5.86. The molecule has 1 saturated heterocycles. The molecule has 0 aliphatic carbocycles. The number of Topliss-reactive ketones (excluding diaryl/α,β-unsaturated/α-hetero) is 1. The number of benzene rings is 1. The van der Waals surface area contributed by atoms with Crippen LogP contribution in [0.25, 0.3) is 27.7 Å². The van der Waals surface area contributed by atoms with E-state index in [1.807, 2.05) is 0 Å². The number of aryl methyl sites for hydroxylation is 1. The lowest BCUT2D eigenvalue weighted by molar-refractivity contribution is -0.123. The highest BCUT2D eigenvalue weighted by Gasteiger charge is 2.26. The Balaban J connectivity index is 1.65. The van der Waals surface area contributed by atoms with Crippen LogP contribution in [0.1, 0.15) is 18.2 Å². The molecule has 0 radical (unpaired) electrons. The number of nitrogens with one attached hydrogen (secondary N) is 1. The SMILES string of the molecule is Cc1cn2cc(-c3cc(F)c4c(=O)n(C5CNCCC5=O)cnc4c3)cc(F)c2n1. The molecular formula is C21H17F2N5O2. The Bertz CT molecular complexity index is 1390. The predicted octanol–water partition coefficient (Wildman–Crippen LogP) is 2.40. The maximum Gasteiger partial charge on any atom is 0.264 e. The molecule has 3 aromatic heterocycles. The van der Waals surface area contributed by atoms with Crippen LogP contribution in [0, 0.1) is 18.6 Å². The van der Waals surface area contributed by atoms with Crippen LogP contribution in [0.5, 0.6) is 0 Å². The molecule has 7 nitrogen and oxygen atoms in total. The van der Waals surface area contributed by atoms with E-state index in [0.29, 0.717) is 36.3 Å². The van der Waals surface area contributed by atoms with E-state index in [1.54, 1.807) is 19.3 Å². The monoisotopic (exact) mass is 409 g/mol. The van der Waals surface area contributed by atoms with Crippen molar-refractivity contribution < 1.29 is 13.6 Å². The second-order valence-corrected chi connectivity index (χ2v) is 7.44. The van der Waals surface area contributed by atoms with Crippen LogP contribution < -0.4 is 10.9 Å². The van der Waals surface area contributed by atoms with Gasteiger partial charge in [-0.1, -0.05) is 0 Å². The molecule has 0 spiro atoms. The number of piperidine rings is 1. The van der Waals surface area contributed by atoms with E-state index in [2.05, 4.69) is 15.3 Å². The van der Waals surface area contributed by atoms with Crippen LogP contribution in [0.3, 0.4) is 0 Å². The summed E-state index contributed by atoms with van der Waals surface area (Å²) in [5, 5.41) is 2.87. The van der Waals surface area contributed by atoms with Crippen LogP contribution in [0.15, 0.2) is 41.7 Å². The minimum Gasteiger partial charge on any atom is -0.314 e. The number of aromatic nitrogens is 4. The van der Waals surface area contributed by atoms with Gasteiger partial charge in [0.05, 0.1) is 17.5 Å². The number of nitrogens with zero attached hydrogens (tertiary/aromatic N) is 4. The minimum atomic E-state index is -0.770. The molecule has 0 bridgehead atoms. The first kappa shape index (κ1) is 18.6. The van der Waals surface area contributed by atoms with Gasteiger partial charge in [-0.25, -0.2) is 18.7 Å². The Labute approximate surface area is 169 Å². The topological polar surface area (TPSA) is 81.3 Å². The van der Waals surface area contributed by atoms with E-state index >= 15 is 0 Å². The smallest absolute Gasteiger partial charge is 0.264 e. The van der Waals surface area contributed by atoms with Gasteiger partial charge in [-0.05, 0) is 30.7 Å². The van der Waals surface area contributed by atoms with Gasteiger partial charge in [-0.3, -0.25) is 14.2 Å². The van der Waals surface area contributed by atoms with Gasteiger partial charge in [0.2, 0.25) is 0 Å². The largest absolute Gasteiger partial charge is 0.314 e. The first-order valence-electron chi connectivity index (χ1n) is 9.51. The maximum atomic E-state index is 15.0. The van der Waals surface area contributed by atoms with Crippen molar-refractivity contribution in [1.29, 1.82) is 0 Å². The molecule has 1 aliphatic heterocycles. The summed E-state index contributed by atoms with van der Waals surface area (Å²) >= 11 is 0. The Morgan fingerprint density at radius 2 is 1.90 bits per heavy atom. The number of halogens is 2. The summed E-state index contributed by atoms with van der Waals surface area (Å²) in [6.45, 7) is 2.61. The van der Waals surface area contributed by atoms with Crippen molar-refractivity contribution in [3.63, 3.8) is 0 Å². The van der Waals surface area contributed by atoms with Gasteiger partial charge in [0.15, 0.2) is 17.2 Å². The van der Waals surface area contributed by atoms with Crippen molar-refractivity contribution in [3.05, 3.63) is 64.6 Å². The number of imidazole rings is 1. The number of hydrogen-bond acceptors (Lipinski definition) is 5. The van der Waals surface area contributed by atoms with E-state index in [-0.39, 0.29) is 22.3 Å². The average molecular weight is 409 g/mol. The number of rotatable bonds is 2. The van der Waals surface area contributed by atoms with Gasteiger partial charge in [0.25, 0.3) is 5.56 Å². The van der Waals surface area contributed by atoms with E-state index in [0.717, 1.165) is 0 Å². The van der Waals surface area contributed by atoms with Crippen molar-refractivity contribution in [2.45, 2.75) is 19.4 Å². The molecule has 1 unspecified atom stereocenters. The van der Waals surface area contributed by atoms with E-state index in [4.69, 9.17) is 0 Å². The summed E-state index contributed by atoms with van der Waals surface area (Å²) in [7, 11) is 0. The fraction of sp³-hybridized carbons (Fsp3) is 0.238. The molecular weight excluding hydrogens is 392 g/mol. The molecule has 4 heterocycles. The van der Waals surface area contributed by atoms with E-state index in [9.17, 15) is 18.4 Å². The number of ketones is 1. The van der Waals surface area contributed by atoms with Crippen molar-refractivity contribution in [1.82, 2.24) is 24.3 Å². The predicted molar refractivity (Wildman–Crippen MR) is 106 cm³/mol. The fourth-order valence-electron chi connectivity index (χ4n) is 3.92. The van der Waals surface area contributed by atoms with Crippen molar-refractivity contribution >= 4 is 22.3 Å². The van der Waals surface area contributed by atoms with Crippen LogP contribution >= 0.6 is 0 Å². The quantitative estimate of drug-likeness (QED) is 0.550. The molecule has 1 aliphatic rings. The zero-order valence-electron chi connectivity index (χ0n) is 16.0. The lowest BCUT2D eigenvalue weighted by Crippen LogP contribution is -2.42. The summed E-state index contributed by atoms with van der Waals surface area (Å²) in [5.74, 6) is -1.39. The summed E-state index contributed by atoms with van der Waals surface area (Å²) in [5.41, 5.74) is 1.18.